The van der Waals surface area contributed by atoms with Crippen molar-refractivity contribution < 1.29 is 14.3 Å². The van der Waals surface area contributed by atoms with Crippen LogP contribution in [0.25, 0.3) is 0 Å². The average molecular weight is 363 g/mol. The van der Waals surface area contributed by atoms with E-state index in [2.05, 4.69) is 20.9 Å². The van der Waals surface area contributed by atoms with Gasteiger partial charge in [-0.3, -0.25) is 0 Å². The minimum Gasteiger partial charge on any atom is -0.471 e. The van der Waals surface area contributed by atoms with Gasteiger partial charge in [0.25, 0.3) is 0 Å². The van der Waals surface area contributed by atoms with Gasteiger partial charge in [0.15, 0.2) is 0 Å². The second-order valence-corrected chi connectivity index (χ2v) is 6.06. The van der Waals surface area contributed by atoms with Gasteiger partial charge in [0, 0.05) is 16.7 Å². The number of benzene rings is 1. The highest BCUT2D eigenvalue weighted by Gasteiger charge is 2.33. The fraction of sp³-hybridized carbons (Fsp3) is 0.250. The molecule has 1 aromatic heterocycles. The maximum absolute atomic E-state index is 11.9. The predicted octanol–water partition coefficient (Wildman–Crippen LogP) is 3.41. The molecular weight excluding hydrogens is 348 g/mol. The summed E-state index contributed by atoms with van der Waals surface area (Å²) in [6.45, 7) is 2.99. The quantitative estimate of drug-likeness (QED) is 0.839. The van der Waals surface area contributed by atoms with Crippen molar-refractivity contribution in [3.8, 4) is 11.6 Å². The molecule has 1 aliphatic heterocycles. The van der Waals surface area contributed by atoms with E-state index >= 15 is 0 Å². The number of likely N-dealkylation sites (tertiary alicyclic amines) is 1. The van der Waals surface area contributed by atoms with E-state index in [1.54, 1.807) is 29.3 Å². The first-order chi connectivity index (χ1) is 10.6. The zero-order valence-corrected chi connectivity index (χ0v) is 13.6. The standard InChI is InChI=1S/C16H15BrN2O3/c1-11-2-5-13(6-3-11)22-16(20)19-9-14(10-19)21-15-7-4-12(17)8-18-15/h2-8,14H,9-10H2,1H3. The van der Waals surface area contributed by atoms with E-state index in [4.69, 9.17) is 9.47 Å². The summed E-state index contributed by atoms with van der Waals surface area (Å²) in [7, 11) is 0. The molecule has 1 aromatic carbocycles. The highest BCUT2D eigenvalue weighted by atomic mass is 79.9. The Kier molecular flexibility index (Phi) is 4.29. The van der Waals surface area contributed by atoms with Gasteiger partial charge in [-0.1, -0.05) is 17.7 Å². The molecule has 1 aliphatic rings. The summed E-state index contributed by atoms with van der Waals surface area (Å²) in [4.78, 5) is 17.7. The van der Waals surface area contributed by atoms with Gasteiger partial charge >= 0.3 is 6.09 Å². The molecule has 0 saturated carbocycles. The molecule has 0 spiro atoms. The van der Waals surface area contributed by atoms with Gasteiger partial charge in [0.2, 0.25) is 5.88 Å². The Hall–Kier alpha value is -2.08. The van der Waals surface area contributed by atoms with Crippen molar-refractivity contribution >= 4 is 22.0 Å². The molecule has 2 aromatic rings. The molecule has 0 atom stereocenters. The number of halogens is 1. The van der Waals surface area contributed by atoms with E-state index in [1.807, 2.05) is 25.1 Å². The molecule has 114 valence electrons. The Morgan fingerprint density at radius 1 is 1.23 bits per heavy atom. The third-order valence-electron chi connectivity index (χ3n) is 3.32. The topological polar surface area (TPSA) is 51.7 Å². The maximum atomic E-state index is 11.9. The molecule has 5 nitrogen and oxygen atoms in total. The molecule has 0 N–H and O–H groups in total. The van der Waals surface area contributed by atoms with Crippen LogP contribution in [0.4, 0.5) is 4.79 Å². The van der Waals surface area contributed by atoms with Crippen molar-refractivity contribution in [2.75, 3.05) is 13.1 Å². The number of rotatable bonds is 3. The molecule has 0 radical (unpaired) electrons. The number of hydrogen-bond donors (Lipinski definition) is 0. The van der Waals surface area contributed by atoms with Crippen LogP contribution in [0.2, 0.25) is 0 Å². The smallest absolute Gasteiger partial charge is 0.415 e. The van der Waals surface area contributed by atoms with Crippen molar-refractivity contribution in [2.45, 2.75) is 13.0 Å². The van der Waals surface area contributed by atoms with Crippen LogP contribution >= 0.6 is 15.9 Å². The van der Waals surface area contributed by atoms with Crippen LogP contribution in [0.1, 0.15) is 5.56 Å². The number of aryl methyl sites for hydroxylation is 1. The highest BCUT2D eigenvalue weighted by molar-refractivity contribution is 9.10. The van der Waals surface area contributed by atoms with Crippen molar-refractivity contribution in [3.05, 3.63) is 52.6 Å². The normalized spacial score (nSPS) is 14.4. The summed E-state index contributed by atoms with van der Waals surface area (Å²) < 4.78 is 11.9. The third-order valence-corrected chi connectivity index (χ3v) is 3.79. The first-order valence-corrected chi connectivity index (χ1v) is 7.71. The van der Waals surface area contributed by atoms with Gasteiger partial charge < -0.3 is 14.4 Å². The van der Waals surface area contributed by atoms with Gasteiger partial charge in [-0.05, 0) is 41.1 Å². The van der Waals surface area contributed by atoms with Crippen molar-refractivity contribution in [3.63, 3.8) is 0 Å². The molecule has 22 heavy (non-hydrogen) atoms. The summed E-state index contributed by atoms with van der Waals surface area (Å²) in [5.74, 6) is 1.11. The molecule has 6 heteroatoms. The molecule has 3 rings (SSSR count). The number of hydrogen-bond acceptors (Lipinski definition) is 4. The zero-order chi connectivity index (χ0) is 15.5. The number of amides is 1. The Labute approximate surface area is 137 Å². The Bertz CT molecular complexity index is 652. The van der Waals surface area contributed by atoms with Crippen molar-refractivity contribution in [1.82, 2.24) is 9.88 Å². The summed E-state index contributed by atoms with van der Waals surface area (Å²) >= 11 is 3.32. The first kappa shape index (κ1) is 14.8. The minimum absolute atomic E-state index is 0.0424. The van der Waals surface area contributed by atoms with E-state index in [0.29, 0.717) is 24.7 Å². The number of pyridine rings is 1. The highest BCUT2D eigenvalue weighted by Crippen LogP contribution is 2.20. The first-order valence-electron chi connectivity index (χ1n) is 6.92. The number of ether oxygens (including phenoxy) is 2. The maximum Gasteiger partial charge on any atom is 0.415 e. The van der Waals surface area contributed by atoms with Crippen LogP contribution in [-0.4, -0.2) is 35.2 Å². The van der Waals surface area contributed by atoms with Crippen LogP contribution in [-0.2, 0) is 0 Å². The van der Waals surface area contributed by atoms with Crippen LogP contribution in [0, 0.1) is 6.92 Å². The molecular formula is C16H15BrN2O3. The van der Waals surface area contributed by atoms with Crippen LogP contribution in [0.3, 0.4) is 0 Å². The van der Waals surface area contributed by atoms with Crippen molar-refractivity contribution in [2.24, 2.45) is 0 Å². The monoisotopic (exact) mass is 362 g/mol. The molecule has 0 unspecified atom stereocenters. The lowest BCUT2D eigenvalue weighted by Crippen LogP contribution is -2.57. The SMILES string of the molecule is Cc1ccc(OC(=O)N2CC(Oc3ccc(Br)cn3)C2)cc1. The van der Waals surface area contributed by atoms with E-state index in [-0.39, 0.29) is 12.2 Å². The van der Waals surface area contributed by atoms with Crippen LogP contribution < -0.4 is 9.47 Å². The van der Waals surface area contributed by atoms with E-state index in [9.17, 15) is 4.79 Å². The Balaban J connectivity index is 1.47. The molecule has 2 heterocycles. The fourth-order valence-corrected chi connectivity index (χ4v) is 2.27. The number of nitrogens with zero attached hydrogens (tertiary/aromatic N) is 2. The van der Waals surface area contributed by atoms with E-state index in [1.165, 1.54) is 0 Å². The van der Waals surface area contributed by atoms with Gasteiger partial charge in [0.05, 0.1) is 13.1 Å². The largest absolute Gasteiger partial charge is 0.471 e. The zero-order valence-electron chi connectivity index (χ0n) is 12.0. The number of aromatic nitrogens is 1. The van der Waals surface area contributed by atoms with E-state index in [0.717, 1.165) is 10.0 Å². The molecule has 0 bridgehead atoms. The Morgan fingerprint density at radius 2 is 1.95 bits per heavy atom. The number of carbonyl (C=O) groups is 1. The fourth-order valence-electron chi connectivity index (χ4n) is 2.04. The molecule has 1 fully saturated rings. The lowest BCUT2D eigenvalue weighted by atomic mass is 10.2. The molecule has 0 aliphatic carbocycles. The van der Waals surface area contributed by atoms with Crippen molar-refractivity contribution in [1.29, 1.82) is 0 Å². The second kappa shape index (κ2) is 6.36. The second-order valence-electron chi connectivity index (χ2n) is 5.14. The minimum atomic E-state index is -0.354. The summed E-state index contributed by atoms with van der Waals surface area (Å²) in [6.07, 6.45) is 1.28. The summed E-state index contributed by atoms with van der Waals surface area (Å²) in [5, 5.41) is 0. The van der Waals surface area contributed by atoms with Gasteiger partial charge in [-0.25, -0.2) is 9.78 Å². The average Bonchev–Trinajstić information content (AvgIpc) is 2.46. The van der Waals surface area contributed by atoms with Crippen LogP contribution in [0.5, 0.6) is 11.6 Å². The molecule has 1 amide bonds. The third kappa shape index (κ3) is 3.57. The van der Waals surface area contributed by atoms with Gasteiger partial charge in [-0.2, -0.15) is 0 Å². The van der Waals surface area contributed by atoms with Crippen LogP contribution in [0.15, 0.2) is 47.1 Å². The molecule has 1 saturated heterocycles. The number of carbonyl (C=O) groups excluding carboxylic acids is 1. The summed E-state index contributed by atoms with van der Waals surface area (Å²) in [6, 6.07) is 11.0. The Morgan fingerprint density at radius 3 is 2.59 bits per heavy atom. The lowest BCUT2D eigenvalue weighted by Gasteiger charge is -2.37. The summed E-state index contributed by atoms with van der Waals surface area (Å²) in [5.41, 5.74) is 1.12. The van der Waals surface area contributed by atoms with Gasteiger partial charge in [-0.15, -0.1) is 0 Å². The van der Waals surface area contributed by atoms with E-state index < -0.39 is 0 Å². The van der Waals surface area contributed by atoms with Gasteiger partial charge in [0.1, 0.15) is 11.9 Å². The lowest BCUT2D eigenvalue weighted by molar-refractivity contribution is 0.0258. The predicted molar refractivity (Wildman–Crippen MR) is 85.1 cm³/mol.